The molecule has 0 spiro atoms. The molecule has 2 fully saturated rings. The van der Waals surface area contributed by atoms with Crippen LogP contribution in [0.3, 0.4) is 0 Å². The Bertz CT molecular complexity index is 713. The first kappa shape index (κ1) is 13.7. The van der Waals surface area contributed by atoms with Gasteiger partial charge in [-0.25, -0.2) is 0 Å². The summed E-state index contributed by atoms with van der Waals surface area (Å²) in [6.07, 6.45) is 8.74. The second kappa shape index (κ2) is 5.08. The van der Waals surface area contributed by atoms with Crippen LogP contribution in [-0.4, -0.2) is 28.9 Å². The fourth-order valence-corrected chi connectivity index (χ4v) is 4.54. The van der Waals surface area contributed by atoms with Crippen molar-refractivity contribution >= 4 is 16.8 Å². The van der Waals surface area contributed by atoms with Crippen LogP contribution in [0.4, 0.5) is 0 Å². The van der Waals surface area contributed by atoms with Crippen LogP contribution in [0, 0.1) is 0 Å². The number of carbonyl (C=O) groups excluding carboxylic acids is 1. The minimum Gasteiger partial charge on any atom is -0.341 e. The molecule has 1 amide bonds. The Morgan fingerprint density at radius 3 is 2.64 bits per heavy atom. The van der Waals surface area contributed by atoms with Crippen LogP contribution in [0.2, 0.25) is 0 Å². The van der Waals surface area contributed by atoms with E-state index in [0.717, 1.165) is 5.52 Å². The summed E-state index contributed by atoms with van der Waals surface area (Å²) in [5, 5.41) is 1.21. The molecular weight excluding hydrogens is 272 g/mol. The molecule has 3 nitrogen and oxygen atoms in total. The van der Waals surface area contributed by atoms with Crippen LogP contribution in [-0.2, 0) is 10.2 Å². The number of para-hydroxylation sites is 1. The quantitative estimate of drug-likeness (QED) is 0.792. The SMILES string of the molecule is CN1C(=O)CC1C1(c2cccc3cccnc23)CCCCC1. The van der Waals surface area contributed by atoms with E-state index in [0.29, 0.717) is 12.5 Å². The Morgan fingerprint density at radius 2 is 1.91 bits per heavy atom. The highest BCUT2D eigenvalue weighted by Crippen LogP contribution is 2.49. The second-order valence-electron chi connectivity index (χ2n) is 6.82. The van der Waals surface area contributed by atoms with Crippen molar-refractivity contribution < 1.29 is 4.79 Å². The topological polar surface area (TPSA) is 33.2 Å². The maximum Gasteiger partial charge on any atom is 0.224 e. The number of pyridine rings is 1. The van der Waals surface area contributed by atoms with Gasteiger partial charge in [0.15, 0.2) is 0 Å². The van der Waals surface area contributed by atoms with E-state index >= 15 is 0 Å². The largest absolute Gasteiger partial charge is 0.341 e. The molecule has 114 valence electrons. The van der Waals surface area contributed by atoms with Crippen LogP contribution in [0.15, 0.2) is 36.5 Å². The summed E-state index contributed by atoms with van der Waals surface area (Å²) in [7, 11) is 1.96. The van der Waals surface area contributed by atoms with Gasteiger partial charge in [0, 0.05) is 36.5 Å². The van der Waals surface area contributed by atoms with Gasteiger partial charge in [-0.15, -0.1) is 0 Å². The van der Waals surface area contributed by atoms with Gasteiger partial charge in [-0.3, -0.25) is 9.78 Å². The Balaban J connectivity index is 1.88. The number of hydrogen-bond acceptors (Lipinski definition) is 2. The third kappa shape index (κ3) is 1.88. The first-order valence-electron chi connectivity index (χ1n) is 8.32. The van der Waals surface area contributed by atoms with Crippen molar-refractivity contribution in [2.45, 2.75) is 50.0 Å². The van der Waals surface area contributed by atoms with Crippen LogP contribution in [0.25, 0.3) is 10.9 Å². The first-order valence-corrected chi connectivity index (χ1v) is 8.32. The van der Waals surface area contributed by atoms with E-state index in [4.69, 9.17) is 0 Å². The lowest BCUT2D eigenvalue weighted by Crippen LogP contribution is -2.61. The zero-order valence-corrected chi connectivity index (χ0v) is 13.1. The zero-order valence-electron chi connectivity index (χ0n) is 13.1. The first-order chi connectivity index (χ1) is 10.7. The number of fused-ring (bicyclic) bond motifs is 1. The van der Waals surface area contributed by atoms with Gasteiger partial charge in [0.2, 0.25) is 5.91 Å². The van der Waals surface area contributed by atoms with Gasteiger partial charge in [-0.1, -0.05) is 43.5 Å². The average Bonchev–Trinajstić information content (AvgIpc) is 2.59. The number of benzene rings is 1. The van der Waals surface area contributed by atoms with Gasteiger partial charge in [-0.05, 0) is 24.5 Å². The molecule has 1 unspecified atom stereocenters. The summed E-state index contributed by atoms with van der Waals surface area (Å²) in [6, 6.07) is 11.0. The molecule has 2 aliphatic rings. The van der Waals surface area contributed by atoms with E-state index in [1.807, 2.05) is 24.2 Å². The second-order valence-corrected chi connectivity index (χ2v) is 6.82. The molecule has 1 atom stereocenters. The highest BCUT2D eigenvalue weighted by Gasteiger charge is 2.50. The van der Waals surface area contributed by atoms with Crippen LogP contribution >= 0.6 is 0 Å². The maximum absolute atomic E-state index is 11.8. The number of β-lactam (4-membered cyclic amide) rings is 1. The number of aromatic nitrogens is 1. The molecular formula is C19H22N2O. The molecule has 0 N–H and O–H groups in total. The molecule has 4 rings (SSSR count). The number of likely N-dealkylation sites (tertiary alicyclic amines) is 1. The Labute approximate surface area is 131 Å². The Kier molecular flexibility index (Phi) is 3.17. The number of hydrogen-bond donors (Lipinski definition) is 0. The van der Waals surface area contributed by atoms with Gasteiger partial charge in [0.05, 0.1) is 5.52 Å². The van der Waals surface area contributed by atoms with E-state index in [1.165, 1.54) is 43.1 Å². The van der Waals surface area contributed by atoms with E-state index in [-0.39, 0.29) is 11.3 Å². The summed E-state index contributed by atoms with van der Waals surface area (Å²) >= 11 is 0. The number of likely N-dealkylation sites (N-methyl/N-ethyl adjacent to an activating group) is 1. The fraction of sp³-hybridized carbons (Fsp3) is 0.474. The van der Waals surface area contributed by atoms with Crippen LogP contribution in [0.5, 0.6) is 0 Å². The minimum absolute atomic E-state index is 0.0920. The smallest absolute Gasteiger partial charge is 0.224 e. The molecule has 2 aromatic rings. The van der Waals surface area contributed by atoms with E-state index in [1.54, 1.807) is 0 Å². The summed E-state index contributed by atoms with van der Waals surface area (Å²) in [4.78, 5) is 18.5. The highest BCUT2D eigenvalue weighted by atomic mass is 16.2. The van der Waals surface area contributed by atoms with Crippen molar-refractivity contribution in [2.75, 3.05) is 7.05 Å². The molecule has 1 aliphatic carbocycles. The Hall–Kier alpha value is -1.90. The summed E-state index contributed by atoms with van der Waals surface area (Å²) < 4.78 is 0. The lowest BCUT2D eigenvalue weighted by atomic mass is 9.61. The summed E-state index contributed by atoms with van der Waals surface area (Å²) in [6.45, 7) is 0. The van der Waals surface area contributed by atoms with Crippen molar-refractivity contribution in [1.29, 1.82) is 0 Å². The standard InChI is InChI=1S/C19H22N2O/c1-21-16(13-17(21)22)19(10-3-2-4-11-19)15-9-5-7-14-8-6-12-20-18(14)15/h5-9,12,16H,2-4,10-11,13H2,1H3. The number of amides is 1. The molecule has 1 aromatic carbocycles. The number of carbonyl (C=O) groups is 1. The van der Waals surface area contributed by atoms with Crippen molar-refractivity contribution in [3.63, 3.8) is 0 Å². The maximum atomic E-state index is 11.8. The number of nitrogens with zero attached hydrogens (tertiary/aromatic N) is 2. The van der Waals surface area contributed by atoms with Crippen molar-refractivity contribution in [3.8, 4) is 0 Å². The van der Waals surface area contributed by atoms with Crippen molar-refractivity contribution in [3.05, 3.63) is 42.1 Å². The molecule has 22 heavy (non-hydrogen) atoms. The molecule has 1 saturated carbocycles. The average molecular weight is 294 g/mol. The molecule has 3 heteroatoms. The lowest BCUT2D eigenvalue weighted by molar-refractivity contribution is -0.148. The third-order valence-corrected chi connectivity index (χ3v) is 5.78. The molecule has 1 aliphatic heterocycles. The van der Waals surface area contributed by atoms with Crippen molar-refractivity contribution in [2.24, 2.45) is 0 Å². The van der Waals surface area contributed by atoms with Gasteiger partial charge >= 0.3 is 0 Å². The summed E-state index contributed by atoms with van der Waals surface area (Å²) in [5.74, 6) is 0.281. The molecule has 1 aromatic heterocycles. The molecule has 0 bridgehead atoms. The minimum atomic E-state index is 0.0920. The van der Waals surface area contributed by atoms with Gasteiger partial charge < -0.3 is 4.90 Å². The normalized spacial score (nSPS) is 24.3. The molecule has 2 heterocycles. The Morgan fingerprint density at radius 1 is 1.14 bits per heavy atom. The van der Waals surface area contributed by atoms with E-state index in [2.05, 4.69) is 29.2 Å². The van der Waals surface area contributed by atoms with E-state index < -0.39 is 0 Å². The molecule has 0 radical (unpaired) electrons. The summed E-state index contributed by atoms with van der Waals surface area (Å²) in [5.41, 5.74) is 2.57. The van der Waals surface area contributed by atoms with Crippen molar-refractivity contribution in [1.82, 2.24) is 9.88 Å². The van der Waals surface area contributed by atoms with Crippen LogP contribution in [0.1, 0.15) is 44.1 Å². The fourth-order valence-electron chi connectivity index (χ4n) is 4.54. The lowest BCUT2D eigenvalue weighted by Gasteiger charge is -2.53. The predicted octanol–water partition coefficient (Wildman–Crippen LogP) is 3.67. The van der Waals surface area contributed by atoms with Gasteiger partial charge in [-0.2, -0.15) is 0 Å². The highest BCUT2D eigenvalue weighted by molar-refractivity contribution is 5.86. The van der Waals surface area contributed by atoms with Gasteiger partial charge in [0.25, 0.3) is 0 Å². The predicted molar refractivity (Wildman–Crippen MR) is 87.7 cm³/mol. The van der Waals surface area contributed by atoms with E-state index in [9.17, 15) is 4.79 Å². The molecule has 1 saturated heterocycles. The monoisotopic (exact) mass is 294 g/mol. The van der Waals surface area contributed by atoms with Crippen LogP contribution < -0.4 is 0 Å². The number of rotatable bonds is 2. The van der Waals surface area contributed by atoms with Gasteiger partial charge in [0.1, 0.15) is 0 Å². The third-order valence-electron chi connectivity index (χ3n) is 5.78. The zero-order chi connectivity index (χ0) is 15.2.